The molecule has 9 nitrogen and oxygen atoms in total. The molecule has 9 heteroatoms. The Morgan fingerprint density at radius 3 is 2.23 bits per heavy atom. The normalized spacial score (nSPS) is 48.0. The topological polar surface area (TPSA) is 129 Å². The Morgan fingerprint density at radius 1 is 1.00 bits per heavy atom. The molecule has 2 fully saturated rings. The van der Waals surface area contributed by atoms with Gasteiger partial charge in [-0.25, -0.2) is 0 Å². The van der Waals surface area contributed by atoms with Gasteiger partial charge in [0.2, 0.25) is 0 Å². The molecule has 206 valence electrons. The largest absolute Gasteiger partial charge is 0.462 e. The fraction of sp³-hybridized carbons (Fsp3) is 0.962. The van der Waals surface area contributed by atoms with E-state index in [1.807, 2.05) is 39.6 Å². The smallest absolute Gasteiger partial charge is 0.311 e. The summed E-state index contributed by atoms with van der Waals surface area (Å²) in [6.07, 6.45) is -2.44. The summed E-state index contributed by atoms with van der Waals surface area (Å²) < 4.78 is 17.7. The summed E-state index contributed by atoms with van der Waals surface area (Å²) in [5.74, 6) is -1.32. The third kappa shape index (κ3) is 8.09. The highest BCUT2D eigenvalue weighted by Crippen LogP contribution is 2.32. The van der Waals surface area contributed by atoms with Crippen LogP contribution in [0.3, 0.4) is 0 Å². The van der Waals surface area contributed by atoms with Gasteiger partial charge in [-0.1, -0.05) is 20.8 Å². The van der Waals surface area contributed by atoms with E-state index in [1.165, 1.54) is 6.92 Å². The molecular formula is C26H49NO8. The van der Waals surface area contributed by atoms with E-state index in [0.29, 0.717) is 25.8 Å². The van der Waals surface area contributed by atoms with Crippen LogP contribution in [0.25, 0.3) is 0 Å². The van der Waals surface area contributed by atoms with E-state index < -0.39 is 54.3 Å². The van der Waals surface area contributed by atoms with Crippen molar-refractivity contribution in [3.8, 4) is 0 Å². The summed E-state index contributed by atoms with van der Waals surface area (Å²) in [6.45, 7) is 13.0. The van der Waals surface area contributed by atoms with Crippen molar-refractivity contribution in [2.75, 3.05) is 20.2 Å². The van der Waals surface area contributed by atoms with Crippen LogP contribution in [0.2, 0.25) is 0 Å². The van der Waals surface area contributed by atoms with Crippen LogP contribution in [0.4, 0.5) is 0 Å². The minimum absolute atomic E-state index is 0.0226. The third-order valence-corrected chi connectivity index (χ3v) is 7.94. The number of hydrogen-bond acceptors (Lipinski definition) is 9. The quantitative estimate of drug-likeness (QED) is 0.415. The molecule has 6 unspecified atom stereocenters. The van der Waals surface area contributed by atoms with E-state index in [9.17, 15) is 25.2 Å². The lowest BCUT2D eigenvalue weighted by atomic mass is 9.86. The summed E-state index contributed by atoms with van der Waals surface area (Å²) in [5, 5.41) is 42.8. The number of esters is 1. The minimum Gasteiger partial charge on any atom is -0.462 e. The van der Waals surface area contributed by atoms with Gasteiger partial charge in [-0.3, -0.25) is 4.79 Å². The van der Waals surface area contributed by atoms with Crippen LogP contribution in [0.1, 0.15) is 67.7 Å². The summed E-state index contributed by atoms with van der Waals surface area (Å²) in [5.41, 5.74) is -1.64. The average molecular weight is 504 g/mol. The molecule has 2 aliphatic heterocycles. The van der Waals surface area contributed by atoms with Gasteiger partial charge in [0, 0.05) is 19.0 Å². The van der Waals surface area contributed by atoms with Crippen molar-refractivity contribution in [2.24, 2.45) is 23.7 Å². The first kappa shape index (κ1) is 30.4. The van der Waals surface area contributed by atoms with Crippen molar-refractivity contribution < 1.29 is 39.4 Å². The standard InChI is InChI=1S/C26H49NO8/c1-14-9-20(28)10-16(3)23(35-21-11-15(2)22(29)19(6)34-21)17(4)25(31)33-13-26(7,32)24(30)18(5)27(8)12-14/h14-24,28-30,32H,9-13H2,1-8H3/t14-,15?,16-,17?,18?,19?,20?,21+,22-,23+,24?,26-/m1/s1. The molecule has 0 amide bonds. The lowest BCUT2D eigenvalue weighted by Gasteiger charge is -2.40. The molecule has 0 bridgehead atoms. The molecule has 2 rings (SSSR count). The molecule has 2 heterocycles. The number of hydrogen-bond donors (Lipinski definition) is 4. The molecule has 2 saturated heterocycles. The van der Waals surface area contributed by atoms with Crippen molar-refractivity contribution in [1.82, 2.24) is 4.90 Å². The van der Waals surface area contributed by atoms with Crippen LogP contribution in [0.5, 0.6) is 0 Å². The fourth-order valence-corrected chi connectivity index (χ4v) is 5.47. The van der Waals surface area contributed by atoms with E-state index >= 15 is 0 Å². The molecule has 12 atom stereocenters. The van der Waals surface area contributed by atoms with Gasteiger partial charge in [-0.15, -0.1) is 0 Å². The number of ether oxygens (including phenoxy) is 3. The van der Waals surface area contributed by atoms with Crippen molar-refractivity contribution in [3.05, 3.63) is 0 Å². The van der Waals surface area contributed by atoms with Gasteiger partial charge in [-0.2, -0.15) is 0 Å². The number of aliphatic hydroxyl groups is 4. The summed E-state index contributed by atoms with van der Waals surface area (Å²) in [6, 6.07) is -0.386. The first-order chi connectivity index (χ1) is 16.1. The first-order valence-corrected chi connectivity index (χ1v) is 13.1. The predicted molar refractivity (Wildman–Crippen MR) is 131 cm³/mol. The SMILES string of the molecule is CC1C[C@H](O[C@@H]2C(C)C(=O)OC[C@@](C)(O)C(O)C(C)N(C)C[C@H](C)CC(O)C[C@H]2C)OC(C)[C@@H]1O. The molecule has 0 aliphatic carbocycles. The van der Waals surface area contributed by atoms with Gasteiger partial charge in [0.1, 0.15) is 18.3 Å². The monoisotopic (exact) mass is 503 g/mol. The highest BCUT2D eigenvalue weighted by Gasteiger charge is 2.41. The Morgan fingerprint density at radius 2 is 1.63 bits per heavy atom. The summed E-state index contributed by atoms with van der Waals surface area (Å²) in [7, 11) is 1.87. The Bertz CT molecular complexity index is 664. The number of likely N-dealkylation sites (N-methyl/N-ethyl adjacent to an activating group) is 1. The second-order valence-electron chi connectivity index (χ2n) is 11.7. The number of carbonyl (C=O) groups excluding carboxylic acids is 1. The molecule has 2 aliphatic rings. The zero-order valence-corrected chi connectivity index (χ0v) is 22.8. The van der Waals surface area contributed by atoms with Gasteiger partial charge in [0.15, 0.2) is 6.29 Å². The number of rotatable bonds is 2. The Balaban J connectivity index is 2.27. The van der Waals surface area contributed by atoms with Gasteiger partial charge >= 0.3 is 5.97 Å². The Labute approximate surface area is 210 Å². The van der Waals surface area contributed by atoms with E-state index in [0.717, 1.165) is 0 Å². The maximum Gasteiger partial charge on any atom is 0.311 e. The van der Waals surface area contributed by atoms with Crippen LogP contribution in [-0.2, 0) is 19.0 Å². The lowest BCUT2D eigenvalue weighted by Crippen LogP contribution is -2.55. The molecule has 0 saturated carbocycles. The van der Waals surface area contributed by atoms with Crippen LogP contribution in [0, 0.1) is 23.7 Å². The highest BCUT2D eigenvalue weighted by molar-refractivity contribution is 5.72. The molecule has 0 aromatic carbocycles. The van der Waals surface area contributed by atoms with Gasteiger partial charge < -0.3 is 39.5 Å². The van der Waals surface area contributed by atoms with Crippen LogP contribution in [0.15, 0.2) is 0 Å². The van der Waals surface area contributed by atoms with Crippen LogP contribution >= 0.6 is 0 Å². The predicted octanol–water partition coefficient (Wildman–Crippen LogP) is 1.54. The Hall–Kier alpha value is -0.810. The number of nitrogens with zero attached hydrogens (tertiary/aromatic N) is 1. The molecule has 0 radical (unpaired) electrons. The molecular weight excluding hydrogens is 454 g/mol. The highest BCUT2D eigenvalue weighted by atomic mass is 16.7. The molecule has 35 heavy (non-hydrogen) atoms. The molecule has 0 aromatic heterocycles. The Kier molecular flexibility index (Phi) is 11.0. The van der Waals surface area contributed by atoms with Crippen LogP contribution in [-0.4, -0.2) is 99.9 Å². The van der Waals surface area contributed by atoms with E-state index in [-0.39, 0.29) is 30.4 Å². The van der Waals surface area contributed by atoms with Gasteiger partial charge in [-0.05, 0) is 65.3 Å². The maximum absolute atomic E-state index is 13.1. The zero-order valence-electron chi connectivity index (χ0n) is 22.8. The third-order valence-electron chi connectivity index (χ3n) is 7.94. The fourth-order valence-electron chi connectivity index (χ4n) is 5.47. The van der Waals surface area contributed by atoms with E-state index in [2.05, 4.69) is 0 Å². The average Bonchev–Trinajstić information content (AvgIpc) is 2.76. The first-order valence-electron chi connectivity index (χ1n) is 13.1. The van der Waals surface area contributed by atoms with E-state index in [4.69, 9.17) is 14.2 Å². The molecule has 0 aromatic rings. The lowest BCUT2D eigenvalue weighted by molar-refractivity contribution is -0.260. The van der Waals surface area contributed by atoms with Crippen molar-refractivity contribution in [2.45, 2.75) is 116 Å². The second kappa shape index (κ2) is 12.6. The van der Waals surface area contributed by atoms with Gasteiger partial charge in [0.25, 0.3) is 0 Å². The van der Waals surface area contributed by atoms with Gasteiger partial charge in [0.05, 0.1) is 30.3 Å². The summed E-state index contributed by atoms with van der Waals surface area (Å²) in [4.78, 5) is 15.0. The second-order valence-corrected chi connectivity index (χ2v) is 11.7. The van der Waals surface area contributed by atoms with Crippen molar-refractivity contribution in [1.29, 1.82) is 0 Å². The molecule has 4 N–H and O–H groups in total. The zero-order chi connectivity index (χ0) is 26.7. The maximum atomic E-state index is 13.1. The molecule has 0 spiro atoms. The van der Waals surface area contributed by atoms with Crippen LogP contribution < -0.4 is 0 Å². The number of carbonyl (C=O) groups is 1. The van der Waals surface area contributed by atoms with E-state index in [1.54, 1.807) is 13.8 Å². The number of cyclic esters (lactones) is 1. The van der Waals surface area contributed by atoms with Crippen molar-refractivity contribution >= 4 is 5.97 Å². The minimum atomic E-state index is -1.64. The van der Waals surface area contributed by atoms with Crippen molar-refractivity contribution in [3.63, 3.8) is 0 Å². The summed E-state index contributed by atoms with van der Waals surface area (Å²) >= 11 is 0. The number of aliphatic hydroxyl groups excluding tert-OH is 3.